The number of ether oxygens (including phenoxy) is 1. The highest BCUT2D eigenvalue weighted by atomic mass is 32.2. The van der Waals surface area contributed by atoms with E-state index in [0.717, 1.165) is 19.3 Å². The van der Waals surface area contributed by atoms with Crippen LogP contribution in [0.4, 0.5) is 0 Å². The van der Waals surface area contributed by atoms with Gasteiger partial charge in [-0.2, -0.15) is 0 Å². The van der Waals surface area contributed by atoms with Crippen LogP contribution in [-0.2, 0) is 16.0 Å². The molecule has 0 aliphatic heterocycles. The highest BCUT2D eigenvalue weighted by Crippen LogP contribution is 2.27. The van der Waals surface area contributed by atoms with Gasteiger partial charge in [0.15, 0.2) is 0 Å². The van der Waals surface area contributed by atoms with Crippen molar-refractivity contribution in [1.82, 2.24) is 0 Å². The van der Waals surface area contributed by atoms with E-state index >= 15 is 0 Å². The second kappa shape index (κ2) is 9.31. The molecule has 3 heteroatoms. The molecule has 0 unspecified atom stereocenters. The van der Waals surface area contributed by atoms with Gasteiger partial charge in [-0.3, -0.25) is 4.79 Å². The Labute approximate surface area is 136 Å². The van der Waals surface area contributed by atoms with Gasteiger partial charge in [-0.15, -0.1) is 0 Å². The Morgan fingerprint density at radius 3 is 2.32 bits per heavy atom. The molecule has 0 atom stereocenters. The first-order valence-electron chi connectivity index (χ1n) is 7.75. The lowest BCUT2D eigenvalue weighted by molar-refractivity contribution is -0.143. The van der Waals surface area contributed by atoms with Crippen molar-refractivity contribution < 1.29 is 9.53 Å². The quantitative estimate of drug-likeness (QED) is 0.500. The molecular weight excluding hydrogens is 292 g/mol. The van der Waals surface area contributed by atoms with E-state index in [1.165, 1.54) is 15.4 Å². The average Bonchev–Trinajstić information content (AvgIpc) is 2.54. The van der Waals surface area contributed by atoms with Gasteiger partial charge >= 0.3 is 5.97 Å². The monoisotopic (exact) mass is 314 g/mol. The predicted molar refractivity (Wildman–Crippen MR) is 91.2 cm³/mol. The van der Waals surface area contributed by atoms with E-state index in [9.17, 15) is 4.79 Å². The van der Waals surface area contributed by atoms with Crippen molar-refractivity contribution in [3.05, 3.63) is 60.2 Å². The van der Waals surface area contributed by atoms with Gasteiger partial charge in [0.2, 0.25) is 0 Å². The van der Waals surface area contributed by atoms with E-state index in [1.54, 1.807) is 11.8 Å². The van der Waals surface area contributed by atoms with Crippen LogP contribution < -0.4 is 0 Å². The van der Waals surface area contributed by atoms with Crippen molar-refractivity contribution in [2.24, 2.45) is 0 Å². The highest BCUT2D eigenvalue weighted by Gasteiger charge is 2.02. The van der Waals surface area contributed by atoms with Crippen LogP contribution in [0.2, 0.25) is 0 Å². The average molecular weight is 314 g/mol. The zero-order valence-electron chi connectivity index (χ0n) is 13.0. The molecule has 2 nitrogen and oxygen atoms in total. The van der Waals surface area contributed by atoms with Crippen LogP contribution in [0, 0.1) is 0 Å². The minimum Gasteiger partial charge on any atom is -0.466 e. The van der Waals surface area contributed by atoms with E-state index in [0.29, 0.717) is 13.0 Å². The molecule has 0 saturated heterocycles. The van der Waals surface area contributed by atoms with Crippen molar-refractivity contribution in [2.45, 2.75) is 42.4 Å². The van der Waals surface area contributed by atoms with Crippen LogP contribution in [0.5, 0.6) is 0 Å². The molecule has 0 aromatic heterocycles. The van der Waals surface area contributed by atoms with Gasteiger partial charge in [-0.25, -0.2) is 0 Å². The Morgan fingerprint density at radius 1 is 0.955 bits per heavy atom. The number of carbonyl (C=O) groups is 1. The van der Waals surface area contributed by atoms with E-state index in [-0.39, 0.29) is 5.97 Å². The summed E-state index contributed by atoms with van der Waals surface area (Å²) in [5, 5.41) is 0. The Bertz CT molecular complexity index is 564. The maximum absolute atomic E-state index is 11.2. The van der Waals surface area contributed by atoms with Crippen molar-refractivity contribution in [2.75, 3.05) is 6.61 Å². The van der Waals surface area contributed by atoms with Crippen LogP contribution in [0.1, 0.15) is 31.7 Å². The summed E-state index contributed by atoms with van der Waals surface area (Å²) in [6.07, 6.45) is 3.44. The number of carbonyl (C=O) groups excluding carboxylic acids is 1. The zero-order valence-corrected chi connectivity index (χ0v) is 13.8. The van der Waals surface area contributed by atoms with E-state index in [2.05, 4.69) is 48.5 Å². The molecule has 0 N–H and O–H groups in total. The molecule has 2 aromatic rings. The lowest BCUT2D eigenvalue weighted by Gasteiger charge is -2.05. The van der Waals surface area contributed by atoms with Gasteiger partial charge in [0.25, 0.3) is 0 Å². The van der Waals surface area contributed by atoms with Crippen LogP contribution >= 0.6 is 11.8 Å². The fourth-order valence-electron chi connectivity index (χ4n) is 2.18. The lowest BCUT2D eigenvalue weighted by atomic mass is 10.1. The second-order valence-corrected chi connectivity index (χ2v) is 6.22. The Morgan fingerprint density at radius 2 is 1.64 bits per heavy atom. The first-order chi connectivity index (χ1) is 10.8. The molecule has 0 aliphatic rings. The number of benzene rings is 2. The van der Waals surface area contributed by atoms with Gasteiger partial charge in [-0.05, 0) is 56.0 Å². The fourth-order valence-corrected chi connectivity index (χ4v) is 3.02. The maximum Gasteiger partial charge on any atom is 0.305 e. The summed E-state index contributed by atoms with van der Waals surface area (Å²) in [7, 11) is 0. The number of aryl methyl sites for hydroxylation is 1. The summed E-state index contributed by atoms with van der Waals surface area (Å²) in [5.41, 5.74) is 1.32. The van der Waals surface area contributed by atoms with Gasteiger partial charge in [0.1, 0.15) is 0 Å². The Kier molecular flexibility index (Phi) is 7.04. The van der Waals surface area contributed by atoms with E-state index < -0.39 is 0 Å². The standard InChI is InChI=1S/C19H22O2S/c1-2-21-19(20)11-7-6-8-16-12-14-18(15-13-16)22-17-9-4-3-5-10-17/h3-5,9-10,12-15H,2,6-8,11H2,1H3. The van der Waals surface area contributed by atoms with E-state index in [1.807, 2.05) is 13.0 Å². The highest BCUT2D eigenvalue weighted by molar-refractivity contribution is 7.99. The molecule has 116 valence electrons. The third kappa shape index (κ3) is 5.94. The number of esters is 1. The molecule has 0 heterocycles. The molecule has 2 rings (SSSR count). The first-order valence-corrected chi connectivity index (χ1v) is 8.57. The number of hydrogen-bond acceptors (Lipinski definition) is 3. The predicted octanol–water partition coefficient (Wildman–Crippen LogP) is 5.11. The van der Waals surface area contributed by atoms with Gasteiger partial charge in [-0.1, -0.05) is 42.1 Å². The summed E-state index contributed by atoms with van der Waals surface area (Å²) in [4.78, 5) is 13.8. The molecule has 0 spiro atoms. The third-order valence-electron chi connectivity index (χ3n) is 3.30. The van der Waals surface area contributed by atoms with Crippen LogP contribution in [0.3, 0.4) is 0 Å². The second-order valence-electron chi connectivity index (χ2n) is 5.07. The maximum atomic E-state index is 11.2. The Hall–Kier alpha value is -1.74. The summed E-state index contributed by atoms with van der Waals surface area (Å²) in [5.74, 6) is -0.0860. The zero-order chi connectivity index (χ0) is 15.6. The van der Waals surface area contributed by atoms with Crippen LogP contribution in [-0.4, -0.2) is 12.6 Å². The van der Waals surface area contributed by atoms with Crippen LogP contribution in [0.25, 0.3) is 0 Å². The first kappa shape index (κ1) is 16.6. The molecular formula is C19H22O2S. The Balaban J connectivity index is 1.74. The number of unbranched alkanes of at least 4 members (excludes halogenated alkanes) is 1. The molecule has 0 saturated carbocycles. The van der Waals surface area contributed by atoms with Crippen molar-refractivity contribution in [3.63, 3.8) is 0 Å². The molecule has 0 aliphatic carbocycles. The topological polar surface area (TPSA) is 26.3 Å². The summed E-state index contributed by atoms with van der Waals surface area (Å²) in [6, 6.07) is 19.1. The fraction of sp³-hybridized carbons (Fsp3) is 0.316. The minimum absolute atomic E-state index is 0.0860. The smallest absolute Gasteiger partial charge is 0.305 e. The number of rotatable bonds is 8. The normalized spacial score (nSPS) is 10.4. The number of hydrogen-bond donors (Lipinski definition) is 0. The van der Waals surface area contributed by atoms with Crippen molar-refractivity contribution in [3.8, 4) is 0 Å². The third-order valence-corrected chi connectivity index (χ3v) is 4.32. The SMILES string of the molecule is CCOC(=O)CCCCc1ccc(Sc2ccccc2)cc1. The lowest BCUT2D eigenvalue weighted by Crippen LogP contribution is -2.03. The summed E-state index contributed by atoms with van der Waals surface area (Å²) >= 11 is 1.77. The molecule has 2 aromatic carbocycles. The molecule has 0 bridgehead atoms. The van der Waals surface area contributed by atoms with Crippen molar-refractivity contribution in [1.29, 1.82) is 0 Å². The van der Waals surface area contributed by atoms with Gasteiger partial charge in [0, 0.05) is 16.2 Å². The minimum atomic E-state index is -0.0860. The van der Waals surface area contributed by atoms with Gasteiger partial charge in [0.05, 0.1) is 6.61 Å². The molecule has 0 fully saturated rings. The largest absolute Gasteiger partial charge is 0.466 e. The van der Waals surface area contributed by atoms with Crippen LogP contribution in [0.15, 0.2) is 64.4 Å². The summed E-state index contributed by atoms with van der Waals surface area (Å²) < 4.78 is 4.92. The van der Waals surface area contributed by atoms with Gasteiger partial charge < -0.3 is 4.74 Å². The molecule has 0 amide bonds. The molecule has 0 radical (unpaired) electrons. The van der Waals surface area contributed by atoms with E-state index in [4.69, 9.17) is 4.74 Å². The van der Waals surface area contributed by atoms with Crippen molar-refractivity contribution >= 4 is 17.7 Å². The summed E-state index contributed by atoms with van der Waals surface area (Å²) in [6.45, 7) is 2.31. The molecule has 22 heavy (non-hydrogen) atoms.